The molecule has 2 bridgehead atoms. The number of hydrogen-bond acceptors (Lipinski definition) is 7. The third kappa shape index (κ3) is 4.48. The van der Waals surface area contributed by atoms with Gasteiger partial charge < -0.3 is 25.6 Å². The standard InChI is InChI=1S/C27H37N7O2/c1-5-22-21-15-24-30-26(33-12-10-19(28)16-33)18(3)25(34(24)31-21)29-11-6-7-13-36-23-9-8-17(2)14-20(23)27(35)32(22)4/h8-9,14-15,19,22,29H,5-7,10-13,16,28H2,1-4H3/t19-,22-/m0/s1. The maximum absolute atomic E-state index is 13.7. The zero-order valence-electron chi connectivity index (χ0n) is 21.8. The number of ether oxygens (including phenoxy) is 1. The Hall–Kier alpha value is -3.33. The number of carbonyl (C=O) groups excluding carboxylic acids is 1. The van der Waals surface area contributed by atoms with E-state index in [4.69, 9.17) is 20.6 Å². The van der Waals surface area contributed by atoms with E-state index in [0.717, 1.165) is 79.4 Å². The van der Waals surface area contributed by atoms with E-state index >= 15 is 0 Å². The first-order chi connectivity index (χ1) is 17.4. The highest BCUT2D eigenvalue weighted by atomic mass is 16.5. The number of hydrogen-bond donors (Lipinski definition) is 2. The van der Waals surface area contributed by atoms with Gasteiger partial charge in [0.05, 0.1) is 23.9 Å². The van der Waals surface area contributed by atoms with Gasteiger partial charge in [0, 0.05) is 44.4 Å². The number of carbonyl (C=O) groups is 1. The van der Waals surface area contributed by atoms with Crippen molar-refractivity contribution in [2.24, 2.45) is 5.73 Å². The summed E-state index contributed by atoms with van der Waals surface area (Å²) in [5.74, 6) is 2.47. The van der Waals surface area contributed by atoms with Crippen LogP contribution >= 0.6 is 0 Å². The van der Waals surface area contributed by atoms with Gasteiger partial charge >= 0.3 is 0 Å². The monoisotopic (exact) mass is 491 g/mol. The molecule has 1 amide bonds. The Morgan fingerprint density at radius 2 is 2.06 bits per heavy atom. The topological polar surface area (TPSA) is 101 Å². The van der Waals surface area contributed by atoms with Crippen LogP contribution in [0.5, 0.6) is 5.75 Å². The Balaban J connectivity index is 1.61. The molecule has 2 aromatic heterocycles. The SMILES string of the molecule is CC[C@H]1c2cc3nc(N4CC[C@H](N)C4)c(C)c(n3n2)NCCCCOc2ccc(C)cc2C(=O)N1C. The summed E-state index contributed by atoms with van der Waals surface area (Å²) in [6.07, 6.45) is 3.48. The van der Waals surface area contributed by atoms with Crippen molar-refractivity contribution < 1.29 is 9.53 Å². The van der Waals surface area contributed by atoms with Crippen molar-refractivity contribution in [3.8, 4) is 5.75 Å². The van der Waals surface area contributed by atoms with Crippen LogP contribution in [-0.4, -0.2) is 64.7 Å². The quantitative estimate of drug-likeness (QED) is 0.564. The van der Waals surface area contributed by atoms with Gasteiger partial charge in [0.15, 0.2) is 5.65 Å². The molecule has 192 valence electrons. The number of fused-ring (bicyclic) bond motifs is 2. The molecule has 1 saturated heterocycles. The van der Waals surface area contributed by atoms with Crippen LogP contribution in [-0.2, 0) is 0 Å². The average molecular weight is 492 g/mol. The summed E-state index contributed by atoms with van der Waals surface area (Å²) in [5.41, 5.74) is 10.5. The number of nitrogens with one attached hydrogen (secondary N) is 1. The van der Waals surface area contributed by atoms with E-state index in [1.54, 1.807) is 4.90 Å². The van der Waals surface area contributed by atoms with Gasteiger partial charge in [-0.2, -0.15) is 9.61 Å². The molecule has 0 saturated carbocycles. The zero-order valence-corrected chi connectivity index (χ0v) is 21.8. The average Bonchev–Trinajstić information content (AvgIpc) is 3.48. The van der Waals surface area contributed by atoms with Gasteiger partial charge in [-0.25, -0.2) is 4.98 Å². The van der Waals surface area contributed by atoms with Gasteiger partial charge in [-0.05, 0) is 51.7 Å². The smallest absolute Gasteiger partial charge is 0.257 e. The first kappa shape index (κ1) is 24.4. The second-order valence-corrected chi connectivity index (χ2v) is 10.1. The van der Waals surface area contributed by atoms with Gasteiger partial charge in [0.1, 0.15) is 17.4 Å². The van der Waals surface area contributed by atoms with Crippen LogP contribution in [0.2, 0.25) is 0 Å². The molecule has 2 aliphatic heterocycles. The summed E-state index contributed by atoms with van der Waals surface area (Å²) in [6.45, 7) is 9.21. The lowest BCUT2D eigenvalue weighted by Crippen LogP contribution is -2.31. The second kappa shape index (κ2) is 9.97. The van der Waals surface area contributed by atoms with E-state index in [-0.39, 0.29) is 18.0 Å². The minimum Gasteiger partial charge on any atom is -0.493 e. The first-order valence-corrected chi connectivity index (χ1v) is 13.0. The Morgan fingerprint density at radius 3 is 2.81 bits per heavy atom. The Kier molecular flexibility index (Phi) is 6.75. The predicted octanol–water partition coefficient (Wildman–Crippen LogP) is 3.69. The van der Waals surface area contributed by atoms with Gasteiger partial charge in [0.2, 0.25) is 0 Å². The third-order valence-electron chi connectivity index (χ3n) is 7.36. The van der Waals surface area contributed by atoms with E-state index in [1.165, 1.54) is 0 Å². The number of amides is 1. The van der Waals surface area contributed by atoms with Crippen molar-refractivity contribution in [2.75, 3.05) is 43.5 Å². The maximum atomic E-state index is 13.7. The highest BCUT2D eigenvalue weighted by Crippen LogP contribution is 2.32. The van der Waals surface area contributed by atoms with Crippen LogP contribution < -0.4 is 20.7 Å². The van der Waals surface area contributed by atoms with Crippen LogP contribution in [0.3, 0.4) is 0 Å². The zero-order chi connectivity index (χ0) is 25.4. The highest BCUT2D eigenvalue weighted by Gasteiger charge is 2.29. The molecule has 9 nitrogen and oxygen atoms in total. The first-order valence-electron chi connectivity index (χ1n) is 13.0. The summed E-state index contributed by atoms with van der Waals surface area (Å²) in [6, 6.07) is 7.79. The molecule has 0 spiro atoms. The fourth-order valence-electron chi connectivity index (χ4n) is 5.31. The minimum absolute atomic E-state index is 0.0679. The summed E-state index contributed by atoms with van der Waals surface area (Å²) < 4.78 is 7.99. The fourth-order valence-corrected chi connectivity index (χ4v) is 5.31. The molecule has 3 N–H and O–H groups in total. The molecule has 0 unspecified atom stereocenters. The lowest BCUT2D eigenvalue weighted by molar-refractivity contribution is 0.0718. The number of aromatic nitrogens is 3. The maximum Gasteiger partial charge on any atom is 0.257 e. The van der Waals surface area contributed by atoms with E-state index in [2.05, 4.69) is 24.1 Å². The molecule has 2 atom stereocenters. The molecule has 2 aliphatic rings. The molecule has 5 rings (SSSR count). The van der Waals surface area contributed by atoms with E-state index < -0.39 is 0 Å². The van der Waals surface area contributed by atoms with Gasteiger partial charge in [0.25, 0.3) is 5.91 Å². The number of nitrogens with two attached hydrogens (primary N) is 1. The number of aryl methyl sites for hydroxylation is 1. The molecule has 3 aromatic rings. The van der Waals surface area contributed by atoms with E-state index in [1.807, 2.05) is 42.8 Å². The summed E-state index contributed by atoms with van der Waals surface area (Å²) in [4.78, 5) is 22.8. The molecule has 1 aromatic carbocycles. The van der Waals surface area contributed by atoms with Crippen molar-refractivity contribution in [1.82, 2.24) is 19.5 Å². The normalized spacial score (nSPS) is 21.2. The summed E-state index contributed by atoms with van der Waals surface area (Å²) >= 11 is 0. The number of benzene rings is 1. The van der Waals surface area contributed by atoms with E-state index in [9.17, 15) is 4.79 Å². The number of rotatable bonds is 2. The van der Waals surface area contributed by atoms with Gasteiger partial charge in [-0.15, -0.1) is 0 Å². The highest BCUT2D eigenvalue weighted by molar-refractivity contribution is 5.97. The molecule has 0 aliphatic carbocycles. The van der Waals surface area contributed by atoms with Crippen LogP contribution in [0.25, 0.3) is 5.65 Å². The molecule has 9 heteroatoms. The third-order valence-corrected chi connectivity index (χ3v) is 7.36. The van der Waals surface area contributed by atoms with Crippen molar-refractivity contribution in [3.63, 3.8) is 0 Å². The second-order valence-electron chi connectivity index (χ2n) is 10.1. The lowest BCUT2D eigenvalue weighted by Gasteiger charge is -2.27. The van der Waals surface area contributed by atoms with Gasteiger partial charge in [-0.1, -0.05) is 18.6 Å². The van der Waals surface area contributed by atoms with Crippen LogP contribution in [0.4, 0.5) is 11.6 Å². The number of nitrogens with zero attached hydrogens (tertiary/aromatic N) is 5. The van der Waals surface area contributed by atoms with Crippen LogP contribution in [0.15, 0.2) is 24.3 Å². The van der Waals surface area contributed by atoms with Crippen molar-refractivity contribution in [1.29, 1.82) is 0 Å². The van der Waals surface area contributed by atoms with Crippen molar-refractivity contribution in [3.05, 3.63) is 46.6 Å². The number of anilines is 2. The van der Waals surface area contributed by atoms with Crippen molar-refractivity contribution in [2.45, 2.75) is 58.5 Å². The molecular weight excluding hydrogens is 454 g/mol. The minimum atomic E-state index is -0.200. The largest absolute Gasteiger partial charge is 0.493 e. The lowest BCUT2D eigenvalue weighted by atomic mass is 10.1. The van der Waals surface area contributed by atoms with E-state index in [0.29, 0.717) is 17.9 Å². The Morgan fingerprint density at radius 1 is 1.22 bits per heavy atom. The van der Waals surface area contributed by atoms with Gasteiger partial charge in [-0.3, -0.25) is 4.79 Å². The molecule has 1 fully saturated rings. The summed E-state index contributed by atoms with van der Waals surface area (Å²) in [7, 11) is 1.85. The fraction of sp³-hybridized carbons (Fsp3) is 0.519. The van der Waals surface area contributed by atoms with Crippen molar-refractivity contribution >= 4 is 23.2 Å². The summed E-state index contributed by atoms with van der Waals surface area (Å²) in [5, 5.41) is 8.61. The molecule has 0 radical (unpaired) electrons. The Labute approximate surface area is 212 Å². The predicted molar refractivity (Wildman–Crippen MR) is 142 cm³/mol. The molecular formula is C27H37N7O2. The molecule has 36 heavy (non-hydrogen) atoms. The van der Waals surface area contributed by atoms with Crippen LogP contribution in [0.1, 0.15) is 65.8 Å². The van der Waals surface area contributed by atoms with Crippen LogP contribution in [0, 0.1) is 13.8 Å². The Bertz CT molecular complexity index is 1270. The molecule has 4 heterocycles.